The van der Waals surface area contributed by atoms with E-state index in [1.807, 2.05) is 0 Å². The van der Waals surface area contributed by atoms with Crippen molar-refractivity contribution in [2.24, 2.45) is 5.73 Å². The monoisotopic (exact) mass is 317 g/mol. The molecule has 1 rings (SSSR count). The van der Waals surface area contributed by atoms with Crippen LogP contribution in [0.4, 0.5) is 5.69 Å². The Balaban J connectivity index is 2.94. The van der Waals surface area contributed by atoms with E-state index in [0.717, 1.165) is 0 Å². The van der Waals surface area contributed by atoms with Crippen molar-refractivity contribution in [1.29, 1.82) is 0 Å². The van der Waals surface area contributed by atoms with Crippen LogP contribution in [0.25, 0.3) is 0 Å². The molecule has 20 heavy (non-hydrogen) atoms. The number of benzene rings is 1. The lowest BCUT2D eigenvalue weighted by Crippen LogP contribution is -2.35. The summed E-state index contributed by atoms with van der Waals surface area (Å²) in [7, 11) is -3.60. The third-order valence-corrected chi connectivity index (χ3v) is 4.33. The highest BCUT2D eigenvalue weighted by Gasteiger charge is 2.19. The van der Waals surface area contributed by atoms with Gasteiger partial charge in [-0.3, -0.25) is 4.72 Å². The van der Waals surface area contributed by atoms with Crippen LogP contribution in [-0.2, 0) is 10.2 Å². The van der Waals surface area contributed by atoms with E-state index in [-0.39, 0.29) is 11.6 Å². The van der Waals surface area contributed by atoms with Gasteiger partial charge in [0.05, 0.1) is 5.69 Å². The van der Waals surface area contributed by atoms with Gasteiger partial charge in [-0.15, -0.1) is 0 Å². The number of nitrogens with zero attached hydrogens (tertiary/aromatic N) is 1. The predicted molar refractivity (Wildman–Crippen MR) is 84.2 cm³/mol. The van der Waals surface area contributed by atoms with Crippen molar-refractivity contribution >= 4 is 33.1 Å². The fourth-order valence-corrected chi connectivity index (χ4v) is 2.91. The number of anilines is 1. The van der Waals surface area contributed by atoms with E-state index in [9.17, 15) is 8.42 Å². The quantitative estimate of drug-likeness (QED) is 0.707. The SMILES string of the molecule is CCN(CC)S(=O)(=O)Nc1ccccc1OCC(N)=S. The average Bonchev–Trinajstić information content (AvgIpc) is 2.38. The largest absolute Gasteiger partial charge is 0.484 e. The van der Waals surface area contributed by atoms with Gasteiger partial charge in [0, 0.05) is 13.1 Å². The van der Waals surface area contributed by atoms with Crippen LogP contribution in [0, 0.1) is 0 Å². The summed E-state index contributed by atoms with van der Waals surface area (Å²) < 4.78 is 33.5. The number of para-hydroxylation sites is 2. The Morgan fingerprint density at radius 2 is 1.95 bits per heavy atom. The molecule has 0 amide bonds. The highest BCUT2D eigenvalue weighted by Crippen LogP contribution is 2.25. The summed E-state index contributed by atoms with van der Waals surface area (Å²) in [5.74, 6) is 0.385. The summed E-state index contributed by atoms with van der Waals surface area (Å²) >= 11 is 4.73. The first-order valence-electron chi connectivity index (χ1n) is 6.18. The predicted octanol–water partition coefficient (Wildman–Crippen LogP) is 1.35. The van der Waals surface area contributed by atoms with Gasteiger partial charge in [0.25, 0.3) is 0 Å². The van der Waals surface area contributed by atoms with Crippen LogP contribution in [0.1, 0.15) is 13.8 Å². The Hall–Kier alpha value is -1.38. The zero-order chi connectivity index (χ0) is 15.2. The number of ether oxygens (including phenoxy) is 1. The van der Waals surface area contributed by atoms with Gasteiger partial charge < -0.3 is 10.5 Å². The first-order chi connectivity index (χ1) is 9.40. The van der Waals surface area contributed by atoms with Gasteiger partial charge >= 0.3 is 10.2 Å². The minimum Gasteiger partial charge on any atom is -0.484 e. The summed E-state index contributed by atoms with van der Waals surface area (Å²) in [6.07, 6.45) is 0. The standard InChI is InChI=1S/C12H19N3O3S2/c1-3-15(4-2)20(16,17)14-10-7-5-6-8-11(10)18-9-12(13)19/h5-8,14H,3-4,9H2,1-2H3,(H2,13,19). The molecule has 0 saturated heterocycles. The minimum absolute atomic E-state index is 0.0549. The van der Waals surface area contributed by atoms with E-state index in [0.29, 0.717) is 24.5 Å². The maximum absolute atomic E-state index is 12.2. The minimum atomic E-state index is -3.60. The molecule has 0 aliphatic heterocycles. The molecular weight excluding hydrogens is 298 g/mol. The van der Waals surface area contributed by atoms with Gasteiger partial charge in [-0.2, -0.15) is 12.7 Å². The molecule has 0 unspecified atom stereocenters. The third-order valence-electron chi connectivity index (χ3n) is 2.54. The van der Waals surface area contributed by atoms with Gasteiger partial charge in [-0.1, -0.05) is 38.2 Å². The van der Waals surface area contributed by atoms with E-state index in [1.54, 1.807) is 38.1 Å². The third kappa shape index (κ3) is 4.62. The van der Waals surface area contributed by atoms with Crippen LogP contribution in [0.5, 0.6) is 5.75 Å². The maximum Gasteiger partial charge on any atom is 0.301 e. The number of rotatable bonds is 8. The summed E-state index contributed by atoms with van der Waals surface area (Å²) in [4.78, 5) is 0.200. The van der Waals surface area contributed by atoms with Crippen molar-refractivity contribution in [1.82, 2.24) is 4.31 Å². The molecule has 0 aromatic heterocycles. The molecular formula is C12H19N3O3S2. The second kappa shape index (κ2) is 7.41. The lowest BCUT2D eigenvalue weighted by Gasteiger charge is -2.20. The summed E-state index contributed by atoms with van der Waals surface area (Å²) in [6.45, 7) is 4.39. The molecule has 0 radical (unpaired) electrons. The Kier molecular flexibility index (Phi) is 6.18. The van der Waals surface area contributed by atoms with Crippen LogP contribution in [0.3, 0.4) is 0 Å². The highest BCUT2D eigenvalue weighted by atomic mass is 32.2. The Bertz CT molecular complexity index is 557. The smallest absolute Gasteiger partial charge is 0.301 e. The van der Waals surface area contributed by atoms with Crippen molar-refractivity contribution in [3.63, 3.8) is 0 Å². The van der Waals surface area contributed by atoms with Gasteiger partial charge in [0.1, 0.15) is 17.3 Å². The van der Waals surface area contributed by atoms with Crippen LogP contribution in [-0.4, -0.2) is 37.4 Å². The molecule has 0 saturated carbocycles. The summed E-state index contributed by atoms with van der Waals surface area (Å²) in [6, 6.07) is 6.73. The summed E-state index contributed by atoms with van der Waals surface area (Å²) in [5.41, 5.74) is 5.73. The molecule has 1 aromatic rings. The molecule has 0 bridgehead atoms. The zero-order valence-corrected chi connectivity index (χ0v) is 13.1. The summed E-state index contributed by atoms with van der Waals surface area (Å²) in [5, 5.41) is 0. The highest BCUT2D eigenvalue weighted by molar-refractivity contribution is 7.90. The number of hydrogen-bond acceptors (Lipinski definition) is 4. The number of hydrogen-bond donors (Lipinski definition) is 2. The van der Waals surface area contributed by atoms with Crippen molar-refractivity contribution in [3.05, 3.63) is 24.3 Å². The Morgan fingerprint density at radius 3 is 2.50 bits per heavy atom. The molecule has 0 spiro atoms. The Labute approximate surface area is 125 Å². The first-order valence-corrected chi connectivity index (χ1v) is 8.03. The normalized spacial score (nSPS) is 11.3. The van der Waals surface area contributed by atoms with Crippen molar-refractivity contribution in [2.75, 3.05) is 24.4 Å². The van der Waals surface area contributed by atoms with Crippen LogP contribution in [0.2, 0.25) is 0 Å². The number of nitrogens with two attached hydrogens (primary N) is 1. The van der Waals surface area contributed by atoms with E-state index in [1.165, 1.54) is 4.31 Å². The maximum atomic E-state index is 12.2. The number of thiocarbonyl (C=S) groups is 1. The fraction of sp³-hybridized carbons (Fsp3) is 0.417. The lowest BCUT2D eigenvalue weighted by atomic mass is 10.3. The lowest BCUT2D eigenvalue weighted by molar-refractivity contribution is 0.379. The van der Waals surface area contributed by atoms with Crippen LogP contribution >= 0.6 is 12.2 Å². The Morgan fingerprint density at radius 1 is 1.35 bits per heavy atom. The van der Waals surface area contributed by atoms with Crippen LogP contribution < -0.4 is 15.2 Å². The molecule has 0 aliphatic rings. The number of nitrogens with one attached hydrogen (secondary N) is 1. The van der Waals surface area contributed by atoms with Crippen molar-refractivity contribution in [3.8, 4) is 5.75 Å². The van der Waals surface area contributed by atoms with Crippen molar-refractivity contribution < 1.29 is 13.2 Å². The molecule has 3 N–H and O–H groups in total. The average molecular weight is 317 g/mol. The second-order valence-corrected chi connectivity index (χ2v) is 6.14. The van der Waals surface area contributed by atoms with E-state index < -0.39 is 10.2 Å². The van der Waals surface area contributed by atoms with E-state index in [2.05, 4.69) is 4.72 Å². The second-order valence-electron chi connectivity index (χ2n) is 3.94. The van der Waals surface area contributed by atoms with Crippen LogP contribution in [0.15, 0.2) is 24.3 Å². The molecule has 0 heterocycles. The van der Waals surface area contributed by atoms with E-state index in [4.69, 9.17) is 22.7 Å². The van der Waals surface area contributed by atoms with Gasteiger partial charge in [-0.25, -0.2) is 0 Å². The molecule has 8 heteroatoms. The molecule has 1 aromatic carbocycles. The van der Waals surface area contributed by atoms with Gasteiger partial charge in [-0.05, 0) is 12.1 Å². The van der Waals surface area contributed by atoms with E-state index >= 15 is 0 Å². The molecule has 0 aliphatic carbocycles. The molecule has 112 valence electrons. The van der Waals surface area contributed by atoms with Gasteiger partial charge in [0.2, 0.25) is 0 Å². The van der Waals surface area contributed by atoms with Gasteiger partial charge in [0.15, 0.2) is 0 Å². The fourth-order valence-electron chi connectivity index (χ4n) is 1.59. The zero-order valence-electron chi connectivity index (χ0n) is 11.5. The topological polar surface area (TPSA) is 84.7 Å². The van der Waals surface area contributed by atoms with Crippen molar-refractivity contribution in [2.45, 2.75) is 13.8 Å². The first kappa shape index (κ1) is 16.7. The molecule has 6 nitrogen and oxygen atoms in total. The molecule has 0 fully saturated rings. The molecule has 0 atom stereocenters.